The van der Waals surface area contributed by atoms with Crippen molar-refractivity contribution >= 4 is 33.8 Å². The number of hydrogen-bond acceptors (Lipinski definition) is 5. The summed E-state index contributed by atoms with van der Waals surface area (Å²) in [6.45, 7) is 2.08. The second-order valence-electron chi connectivity index (χ2n) is 4.98. The molecule has 0 radical (unpaired) electrons. The van der Waals surface area contributed by atoms with Crippen LogP contribution in [0.15, 0.2) is 0 Å². The fourth-order valence-corrected chi connectivity index (χ4v) is 3.26. The molecule has 0 saturated heterocycles. The molecule has 20 heavy (non-hydrogen) atoms. The van der Waals surface area contributed by atoms with Crippen molar-refractivity contribution in [1.29, 1.82) is 0 Å². The van der Waals surface area contributed by atoms with E-state index >= 15 is 0 Å². The Bertz CT molecular complexity index is 537. The van der Waals surface area contributed by atoms with E-state index in [1.807, 2.05) is 0 Å². The van der Waals surface area contributed by atoms with Gasteiger partial charge in [0.05, 0.1) is 11.3 Å². The summed E-state index contributed by atoms with van der Waals surface area (Å²) in [6, 6.07) is 0.272. The maximum atomic E-state index is 12.0. The van der Waals surface area contributed by atoms with Gasteiger partial charge in [0.2, 0.25) is 0 Å². The van der Waals surface area contributed by atoms with Gasteiger partial charge in [0, 0.05) is 20.1 Å². The molecule has 0 spiro atoms. The Morgan fingerprint density at radius 2 is 1.85 bits per heavy atom. The standard InChI is InChI=1S/C13H20N4O2S/c1-6(7-4-5-7)17-13-8(11(18)15-2)9(14)10(20-13)12(19)16-3/h6-7,17H,4-5,14H2,1-3H3,(H,15,18)(H,16,19). The minimum absolute atomic E-state index is 0.235. The number of rotatable bonds is 5. The SMILES string of the molecule is CNC(=O)c1sc(NC(C)C2CC2)c(C(=O)NC)c1N. The molecule has 110 valence electrons. The molecule has 1 atom stereocenters. The van der Waals surface area contributed by atoms with E-state index in [2.05, 4.69) is 22.9 Å². The molecule has 1 heterocycles. The molecule has 2 rings (SSSR count). The Balaban J connectivity index is 2.36. The zero-order valence-corrected chi connectivity index (χ0v) is 12.7. The van der Waals surface area contributed by atoms with Crippen molar-refractivity contribution in [3.8, 4) is 0 Å². The van der Waals surface area contributed by atoms with Crippen LogP contribution >= 0.6 is 11.3 Å². The fourth-order valence-electron chi connectivity index (χ4n) is 2.10. The van der Waals surface area contributed by atoms with E-state index in [1.54, 1.807) is 14.1 Å². The van der Waals surface area contributed by atoms with Crippen LogP contribution in [0.2, 0.25) is 0 Å². The van der Waals surface area contributed by atoms with Crippen LogP contribution in [0.5, 0.6) is 0 Å². The van der Waals surface area contributed by atoms with Gasteiger partial charge in [-0.2, -0.15) is 0 Å². The third-order valence-corrected chi connectivity index (χ3v) is 4.66. The first-order valence-electron chi connectivity index (χ1n) is 6.62. The van der Waals surface area contributed by atoms with E-state index in [9.17, 15) is 9.59 Å². The largest absolute Gasteiger partial charge is 0.397 e. The van der Waals surface area contributed by atoms with Crippen LogP contribution in [-0.2, 0) is 0 Å². The molecule has 1 aromatic rings. The zero-order valence-electron chi connectivity index (χ0n) is 11.9. The number of nitrogen functional groups attached to an aromatic ring is 1. The molecule has 1 unspecified atom stereocenters. The van der Waals surface area contributed by atoms with Crippen molar-refractivity contribution in [2.45, 2.75) is 25.8 Å². The maximum Gasteiger partial charge on any atom is 0.263 e. The first-order chi connectivity index (χ1) is 9.49. The predicted octanol–water partition coefficient (Wildman–Crippen LogP) is 1.26. The van der Waals surface area contributed by atoms with Gasteiger partial charge in [-0.3, -0.25) is 9.59 Å². The summed E-state index contributed by atoms with van der Waals surface area (Å²) >= 11 is 1.23. The highest BCUT2D eigenvalue weighted by atomic mass is 32.1. The number of amides is 2. The minimum Gasteiger partial charge on any atom is -0.397 e. The van der Waals surface area contributed by atoms with Crippen molar-refractivity contribution < 1.29 is 9.59 Å². The summed E-state index contributed by atoms with van der Waals surface area (Å²) in [5, 5.41) is 9.10. The van der Waals surface area contributed by atoms with Crippen LogP contribution in [0.3, 0.4) is 0 Å². The van der Waals surface area contributed by atoms with Gasteiger partial charge in [-0.1, -0.05) is 0 Å². The van der Waals surface area contributed by atoms with Crippen molar-refractivity contribution in [2.24, 2.45) is 5.92 Å². The van der Waals surface area contributed by atoms with Gasteiger partial charge in [-0.05, 0) is 25.7 Å². The number of thiophene rings is 1. The third kappa shape index (κ3) is 2.72. The normalized spacial score (nSPS) is 15.6. The van der Waals surface area contributed by atoms with Crippen LogP contribution in [0, 0.1) is 5.92 Å². The molecule has 6 nitrogen and oxygen atoms in total. The lowest BCUT2D eigenvalue weighted by Gasteiger charge is -2.14. The van der Waals surface area contributed by atoms with Gasteiger partial charge < -0.3 is 21.7 Å². The molecule has 0 aliphatic heterocycles. The quantitative estimate of drug-likeness (QED) is 0.657. The molecular weight excluding hydrogens is 276 g/mol. The molecule has 2 amide bonds. The molecular formula is C13H20N4O2S. The number of nitrogens with two attached hydrogens (primary N) is 1. The van der Waals surface area contributed by atoms with E-state index in [0.717, 1.165) is 0 Å². The summed E-state index contributed by atoms with van der Waals surface area (Å²) in [7, 11) is 3.09. The molecule has 1 aromatic heterocycles. The molecule has 7 heteroatoms. The highest BCUT2D eigenvalue weighted by Crippen LogP contribution is 2.39. The van der Waals surface area contributed by atoms with Gasteiger partial charge >= 0.3 is 0 Å². The Morgan fingerprint density at radius 3 is 2.35 bits per heavy atom. The van der Waals surface area contributed by atoms with Crippen molar-refractivity contribution in [2.75, 3.05) is 25.1 Å². The average Bonchev–Trinajstić information content (AvgIpc) is 3.23. The molecule has 1 saturated carbocycles. The van der Waals surface area contributed by atoms with Gasteiger partial charge in [0.15, 0.2) is 0 Å². The van der Waals surface area contributed by atoms with E-state index in [4.69, 9.17) is 5.73 Å². The fraction of sp³-hybridized carbons (Fsp3) is 0.538. The van der Waals surface area contributed by atoms with E-state index in [1.165, 1.54) is 24.2 Å². The summed E-state index contributed by atoms with van der Waals surface area (Å²) < 4.78 is 0. The molecule has 5 N–H and O–H groups in total. The van der Waals surface area contributed by atoms with Crippen LogP contribution in [0.25, 0.3) is 0 Å². The lowest BCUT2D eigenvalue weighted by molar-refractivity contribution is 0.0963. The number of nitrogens with one attached hydrogen (secondary N) is 3. The topological polar surface area (TPSA) is 96.2 Å². The Kier molecular flexibility index (Phi) is 4.17. The first kappa shape index (κ1) is 14.6. The molecule has 0 aromatic carbocycles. The second kappa shape index (κ2) is 5.70. The maximum absolute atomic E-state index is 12.0. The van der Waals surface area contributed by atoms with Gasteiger partial charge in [-0.15, -0.1) is 11.3 Å². The summed E-state index contributed by atoms with van der Waals surface area (Å²) in [5.41, 5.74) is 6.57. The number of carbonyl (C=O) groups is 2. The van der Waals surface area contributed by atoms with Crippen LogP contribution in [-0.4, -0.2) is 32.0 Å². The van der Waals surface area contributed by atoms with Crippen LogP contribution < -0.4 is 21.7 Å². The van der Waals surface area contributed by atoms with Crippen molar-refractivity contribution in [1.82, 2.24) is 10.6 Å². The van der Waals surface area contributed by atoms with Crippen molar-refractivity contribution in [3.63, 3.8) is 0 Å². The lowest BCUT2D eigenvalue weighted by Crippen LogP contribution is -2.23. The summed E-state index contributed by atoms with van der Waals surface area (Å²) in [5.74, 6) is 0.0866. The summed E-state index contributed by atoms with van der Waals surface area (Å²) in [4.78, 5) is 24.2. The van der Waals surface area contributed by atoms with Gasteiger partial charge in [-0.25, -0.2) is 0 Å². The van der Waals surface area contributed by atoms with Crippen LogP contribution in [0.1, 0.15) is 39.8 Å². The van der Waals surface area contributed by atoms with E-state index < -0.39 is 0 Å². The van der Waals surface area contributed by atoms with Crippen molar-refractivity contribution in [3.05, 3.63) is 10.4 Å². The Hall–Kier alpha value is -1.76. The van der Waals surface area contributed by atoms with Gasteiger partial charge in [0.1, 0.15) is 9.88 Å². The van der Waals surface area contributed by atoms with Gasteiger partial charge in [0.25, 0.3) is 11.8 Å². The number of anilines is 2. The predicted molar refractivity (Wildman–Crippen MR) is 81.3 cm³/mol. The molecule has 1 aliphatic carbocycles. The average molecular weight is 296 g/mol. The second-order valence-corrected chi connectivity index (χ2v) is 6.00. The first-order valence-corrected chi connectivity index (χ1v) is 7.44. The highest BCUT2D eigenvalue weighted by molar-refractivity contribution is 7.19. The third-order valence-electron chi connectivity index (χ3n) is 3.52. The Morgan fingerprint density at radius 1 is 1.25 bits per heavy atom. The zero-order chi connectivity index (χ0) is 14.9. The van der Waals surface area contributed by atoms with E-state index in [-0.39, 0.29) is 23.5 Å². The number of carbonyl (C=O) groups excluding carboxylic acids is 2. The highest BCUT2D eigenvalue weighted by Gasteiger charge is 2.31. The lowest BCUT2D eigenvalue weighted by atomic mass is 10.2. The van der Waals surface area contributed by atoms with Crippen LogP contribution in [0.4, 0.5) is 10.7 Å². The molecule has 0 bridgehead atoms. The Labute approximate surface area is 122 Å². The van der Waals surface area contributed by atoms with E-state index in [0.29, 0.717) is 21.4 Å². The minimum atomic E-state index is -0.278. The molecule has 1 fully saturated rings. The smallest absolute Gasteiger partial charge is 0.263 e. The summed E-state index contributed by atoms with van der Waals surface area (Å²) in [6.07, 6.45) is 2.40. The number of hydrogen-bond donors (Lipinski definition) is 4. The molecule has 1 aliphatic rings. The monoisotopic (exact) mass is 296 g/mol.